The number of hydrogen-bond acceptors (Lipinski definition) is 2. The van der Waals surface area contributed by atoms with Crippen LogP contribution in [0.25, 0.3) is 10.9 Å². The van der Waals surface area contributed by atoms with E-state index in [0.29, 0.717) is 32.6 Å². The zero-order chi connectivity index (χ0) is 13.9. The number of rotatable bonds is 3. The molecule has 0 bridgehead atoms. The second kappa shape index (κ2) is 5.36. The van der Waals surface area contributed by atoms with Gasteiger partial charge in [-0.1, -0.05) is 18.2 Å². The quantitative estimate of drug-likeness (QED) is 0.901. The molecule has 1 aromatic carbocycles. The average molecular weight is 270 g/mol. The Morgan fingerprint density at radius 2 is 1.95 bits per heavy atom. The number of para-hydroxylation sites is 1. The van der Waals surface area contributed by atoms with E-state index in [-0.39, 0.29) is 5.91 Å². The molecule has 0 atom stereocenters. The zero-order valence-corrected chi connectivity index (χ0v) is 11.1. The van der Waals surface area contributed by atoms with Gasteiger partial charge in [-0.15, -0.1) is 0 Å². The van der Waals surface area contributed by atoms with Crippen LogP contribution < -0.4 is 0 Å². The second-order valence-electron chi connectivity index (χ2n) is 5.02. The number of carbonyl (C=O) groups excluding carboxylic acids is 2. The number of aromatic amines is 1. The number of fused-ring (bicyclic) bond motifs is 1. The molecule has 1 fully saturated rings. The summed E-state index contributed by atoms with van der Waals surface area (Å²) in [4.78, 5) is 29.4. The van der Waals surface area contributed by atoms with Crippen LogP contribution in [0.4, 0.5) is 0 Å². The van der Waals surface area contributed by atoms with Gasteiger partial charge in [0.2, 0.25) is 5.91 Å². The number of H-pyrrole nitrogens is 1. The van der Waals surface area contributed by atoms with Crippen molar-refractivity contribution in [3.63, 3.8) is 0 Å². The van der Waals surface area contributed by atoms with E-state index >= 15 is 0 Å². The molecule has 1 aliphatic rings. The van der Waals surface area contributed by atoms with Crippen molar-refractivity contribution in [3.8, 4) is 0 Å². The van der Waals surface area contributed by atoms with Crippen LogP contribution in [0, 0.1) is 0 Å². The number of nitrogens with one attached hydrogen (secondary N) is 1. The molecule has 1 aliphatic heterocycles. The third-order valence-corrected chi connectivity index (χ3v) is 3.69. The highest BCUT2D eigenvalue weighted by molar-refractivity contribution is 5.84. The van der Waals surface area contributed by atoms with Crippen LogP contribution in [0.1, 0.15) is 5.69 Å². The van der Waals surface area contributed by atoms with Crippen molar-refractivity contribution in [3.05, 3.63) is 36.0 Å². The summed E-state index contributed by atoms with van der Waals surface area (Å²) in [6.45, 7) is 2.33. The van der Waals surface area contributed by atoms with Gasteiger partial charge in [-0.05, 0) is 17.5 Å². The summed E-state index contributed by atoms with van der Waals surface area (Å²) in [5.41, 5.74) is 1.98. The highest BCUT2D eigenvalue weighted by Gasteiger charge is 2.20. The van der Waals surface area contributed by atoms with Gasteiger partial charge in [0.15, 0.2) is 0 Å². The molecule has 0 unspecified atom stereocenters. The lowest BCUT2D eigenvalue weighted by atomic mass is 10.2. The molecule has 20 heavy (non-hydrogen) atoms. The van der Waals surface area contributed by atoms with Crippen LogP contribution in [-0.2, 0) is 16.0 Å². The normalized spacial score (nSPS) is 15.6. The first-order valence-corrected chi connectivity index (χ1v) is 6.73. The van der Waals surface area contributed by atoms with Crippen molar-refractivity contribution >= 4 is 23.2 Å². The van der Waals surface area contributed by atoms with Gasteiger partial charge in [-0.2, -0.15) is 0 Å². The fraction of sp³-hybridized carbons (Fsp3) is 0.333. The maximum Gasteiger partial charge on any atom is 0.312 e. The maximum atomic E-state index is 12.2. The number of hydrogen-bond donors (Lipinski definition) is 1. The molecule has 5 heteroatoms. The van der Waals surface area contributed by atoms with Crippen molar-refractivity contribution in [2.24, 2.45) is 0 Å². The Bertz CT molecular complexity index is 594. The minimum atomic E-state index is 0.0992. The Morgan fingerprint density at radius 3 is 2.65 bits per heavy atom. The lowest BCUT2D eigenvalue weighted by Crippen LogP contribution is -2.48. The first-order valence-electron chi connectivity index (χ1n) is 6.73. The molecule has 3 rings (SSSR count). The van der Waals surface area contributed by atoms with Gasteiger partial charge in [0.1, 0.15) is 0 Å². The first-order chi connectivity index (χ1) is 9.76. The summed E-state index contributed by atoms with van der Waals surface area (Å²) >= 11 is 0. The monoisotopic (exact) mass is 270 g/mol. The number of benzene rings is 1. The van der Waals surface area contributed by atoms with E-state index in [9.17, 15) is 9.59 Å². The summed E-state index contributed by atoms with van der Waals surface area (Å²) in [6.07, 6.45) is 2.24. The van der Waals surface area contributed by atoms with E-state index in [1.807, 2.05) is 36.7 Å². The standard InChI is InChI=1S/C15H16N3O2/c19-11-17-5-7-18(8-6-17)15(20)10-13-9-12-3-1-2-4-14(12)16-13/h1-4,9,16H,5-8,10H2. The molecule has 103 valence electrons. The van der Waals surface area contributed by atoms with Crippen LogP contribution in [-0.4, -0.2) is 53.3 Å². The minimum Gasteiger partial charge on any atom is -0.358 e. The Kier molecular flexibility index (Phi) is 3.41. The second-order valence-corrected chi connectivity index (χ2v) is 5.02. The first kappa shape index (κ1) is 12.7. The van der Waals surface area contributed by atoms with Gasteiger partial charge >= 0.3 is 6.41 Å². The molecule has 2 heterocycles. The molecule has 0 saturated carbocycles. The Labute approximate surface area is 117 Å². The van der Waals surface area contributed by atoms with E-state index in [1.165, 1.54) is 0 Å². The van der Waals surface area contributed by atoms with Gasteiger partial charge in [0.25, 0.3) is 0 Å². The number of piperazine rings is 1. The van der Waals surface area contributed by atoms with Crippen molar-refractivity contribution in [2.75, 3.05) is 26.2 Å². The Hall–Kier alpha value is -2.30. The molecule has 2 aromatic rings. The van der Waals surface area contributed by atoms with E-state index in [4.69, 9.17) is 0 Å². The van der Waals surface area contributed by atoms with E-state index < -0.39 is 0 Å². The van der Waals surface area contributed by atoms with Crippen LogP contribution in [0.15, 0.2) is 30.3 Å². The van der Waals surface area contributed by atoms with Gasteiger partial charge in [-0.3, -0.25) is 9.59 Å². The van der Waals surface area contributed by atoms with Gasteiger partial charge in [-0.25, -0.2) is 0 Å². The zero-order valence-electron chi connectivity index (χ0n) is 11.1. The maximum absolute atomic E-state index is 12.2. The van der Waals surface area contributed by atoms with E-state index in [1.54, 1.807) is 9.80 Å². The number of carbonyl (C=O) groups is 1. The largest absolute Gasteiger partial charge is 0.358 e. The number of aromatic nitrogens is 1. The molecule has 2 amide bonds. The smallest absolute Gasteiger partial charge is 0.312 e. The minimum absolute atomic E-state index is 0.0992. The Balaban J connectivity index is 1.65. The van der Waals surface area contributed by atoms with Crippen LogP contribution in [0.2, 0.25) is 0 Å². The third kappa shape index (κ3) is 2.52. The number of nitrogens with zero attached hydrogens (tertiary/aromatic N) is 2. The number of amides is 2. The molecule has 0 spiro atoms. The molecule has 5 nitrogen and oxygen atoms in total. The predicted molar refractivity (Wildman–Crippen MR) is 75.8 cm³/mol. The predicted octanol–water partition coefficient (Wildman–Crippen LogP) is 0.922. The van der Waals surface area contributed by atoms with Crippen LogP contribution >= 0.6 is 0 Å². The van der Waals surface area contributed by atoms with Gasteiger partial charge in [0.05, 0.1) is 6.42 Å². The summed E-state index contributed by atoms with van der Waals surface area (Å²) in [5, 5.41) is 1.12. The SMILES string of the molecule is O=[C]N1CCN(C(=O)Cc2cc3ccccc3[nH]2)CC1. The Morgan fingerprint density at radius 1 is 1.20 bits per heavy atom. The van der Waals surface area contributed by atoms with Crippen LogP contribution in [0.5, 0.6) is 0 Å². The van der Waals surface area contributed by atoms with E-state index in [0.717, 1.165) is 16.6 Å². The molecular formula is C15H16N3O2. The lowest BCUT2D eigenvalue weighted by Gasteiger charge is -2.32. The molecule has 1 saturated heterocycles. The topological polar surface area (TPSA) is 56.4 Å². The van der Waals surface area contributed by atoms with Gasteiger partial charge in [0, 0.05) is 37.4 Å². The summed E-state index contributed by atoms with van der Waals surface area (Å²) in [6, 6.07) is 10.00. The molecule has 1 aromatic heterocycles. The highest BCUT2D eigenvalue weighted by atomic mass is 16.2. The summed E-state index contributed by atoms with van der Waals surface area (Å²) in [5.74, 6) is 0.0992. The lowest BCUT2D eigenvalue weighted by molar-refractivity contribution is -0.131. The fourth-order valence-electron chi connectivity index (χ4n) is 2.55. The summed E-state index contributed by atoms with van der Waals surface area (Å²) in [7, 11) is 0. The van der Waals surface area contributed by atoms with Gasteiger partial charge < -0.3 is 14.8 Å². The highest BCUT2D eigenvalue weighted by Crippen LogP contribution is 2.15. The van der Waals surface area contributed by atoms with E-state index in [2.05, 4.69) is 4.98 Å². The van der Waals surface area contributed by atoms with Crippen molar-refractivity contribution < 1.29 is 9.59 Å². The fourth-order valence-corrected chi connectivity index (χ4v) is 2.55. The average Bonchev–Trinajstić information content (AvgIpc) is 2.89. The molecule has 1 radical (unpaired) electrons. The van der Waals surface area contributed by atoms with Crippen molar-refractivity contribution in [2.45, 2.75) is 6.42 Å². The molecule has 1 N–H and O–H groups in total. The third-order valence-electron chi connectivity index (χ3n) is 3.69. The van der Waals surface area contributed by atoms with Crippen LogP contribution in [0.3, 0.4) is 0 Å². The van der Waals surface area contributed by atoms with Crippen molar-refractivity contribution in [1.29, 1.82) is 0 Å². The molecular weight excluding hydrogens is 254 g/mol. The molecule has 0 aliphatic carbocycles. The van der Waals surface area contributed by atoms with Crippen molar-refractivity contribution in [1.82, 2.24) is 14.8 Å². The summed E-state index contributed by atoms with van der Waals surface area (Å²) < 4.78 is 0.